The minimum absolute atomic E-state index is 0.0907. The molecule has 1 aromatic heterocycles. The molecule has 0 aliphatic carbocycles. The Hall–Kier alpha value is -1.47. The van der Waals surface area contributed by atoms with Crippen molar-refractivity contribution < 1.29 is 14.7 Å². The lowest BCUT2D eigenvalue weighted by Crippen LogP contribution is -2.09. The summed E-state index contributed by atoms with van der Waals surface area (Å²) in [4.78, 5) is 14.6. The number of carbonyl (C=O) groups is 1. The third-order valence-electron chi connectivity index (χ3n) is 1.20. The van der Waals surface area contributed by atoms with E-state index in [4.69, 9.17) is 11.0 Å². The van der Waals surface area contributed by atoms with E-state index >= 15 is 0 Å². The van der Waals surface area contributed by atoms with E-state index in [9.17, 15) is 4.79 Å². The molecule has 0 bridgehead atoms. The number of nitrogens with two attached hydrogens (primary N) is 1. The Bertz CT molecular complexity index is 271. The number of aromatic nitrogens is 3. The van der Waals surface area contributed by atoms with Crippen LogP contribution < -0.4 is 5.90 Å². The van der Waals surface area contributed by atoms with Gasteiger partial charge < -0.3 is 9.94 Å². The minimum atomic E-state index is -1.10. The van der Waals surface area contributed by atoms with Crippen LogP contribution in [0.4, 0.5) is 0 Å². The number of rotatable bonds is 4. The monoisotopic (exact) mass is 172 g/mol. The molecule has 7 nitrogen and oxygen atoms in total. The van der Waals surface area contributed by atoms with Crippen molar-refractivity contribution in [2.24, 2.45) is 5.90 Å². The van der Waals surface area contributed by atoms with Crippen LogP contribution in [0.5, 0.6) is 0 Å². The van der Waals surface area contributed by atoms with E-state index in [2.05, 4.69) is 15.1 Å². The van der Waals surface area contributed by atoms with Gasteiger partial charge in [-0.1, -0.05) is 5.21 Å². The Kier molecular flexibility index (Phi) is 2.72. The van der Waals surface area contributed by atoms with Gasteiger partial charge in [-0.3, -0.25) is 0 Å². The second kappa shape index (κ2) is 3.79. The minimum Gasteiger partial charge on any atom is -0.476 e. The van der Waals surface area contributed by atoms with Gasteiger partial charge in [-0.25, -0.2) is 15.4 Å². The average Bonchev–Trinajstić information content (AvgIpc) is 2.48. The molecule has 3 N–H and O–H groups in total. The van der Waals surface area contributed by atoms with Crippen molar-refractivity contribution in [3.05, 3.63) is 11.9 Å². The lowest BCUT2D eigenvalue weighted by Gasteiger charge is -1.95. The summed E-state index contributed by atoms with van der Waals surface area (Å²) in [5.41, 5.74) is -0.0907. The van der Waals surface area contributed by atoms with Crippen LogP contribution in [-0.4, -0.2) is 32.7 Å². The smallest absolute Gasteiger partial charge is 0.358 e. The molecule has 1 aromatic rings. The first-order valence-corrected chi connectivity index (χ1v) is 3.19. The maximum Gasteiger partial charge on any atom is 0.358 e. The molecule has 0 spiro atoms. The third kappa shape index (κ3) is 2.01. The fraction of sp³-hybridized carbons (Fsp3) is 0.400. The Morgan fingerprint density at radius 3 is 3.08 bits per heavy atom. The lowest BCUT2D eigenvalue weighted by molar-refractivity contribution is 0.0690. The molecular formula is C5H8N4O3. The standard InChI is InChI=1S/C5H8N4O3/c6-12-2-1-9-3-4(5(10)11)7-8-9/h3H,1-2,6H2,(H,10,11). The van der Waals surface area contributed by atoms with Crippen molar-refractivity contribution in [3.63, 3.8) is 0 Å². The molecule has 0 amide bonds. The molecule has 0 aliphatic rings. The molecular weight excluding hydrogens is 164 g/mol. The van der Waals surface area contributed by atoms with E-state index in [1.165, 1.54) is 10.9 Å². The predicted molar refractivity (Wildman–Crippen MR) is 37.1 cm³/mol. The van der Waals surface area contributed by atoms with Gasteiger partial charge in [-0.15, -0.1) is 5.10 Å². The second-order valence-electron chi connectivity index (χ2n) is 2.04. The summed E-state index contributed by atoms with van der Waals surface area (Å²) in [7, 11) is 0. The molecule has 0 aromatic carbocycles. The highest BCUT2D eigenvalue weighted by molar-refractivity contribution is 5.84. The van der Waals surface area contributed by atoms with Crippen LogP contribution in [0.25, 0.3) is 0 Å². The predicted octanol–water partition coefficient (Wildman–Crippen LogP) is -1.13. The molecule has 0 radical (unpaired) electrons. The molecule has 0 saturated heterocycles. The second-order valence-corrected chi connectivity index (χ2v) is 2.04. The van der Waals surface area contributed by atoms with E-state index in [1.807, 2.05) is 0 Å². The van der Waals surface area contributed by atoms with Gasteiger partial charge in [0, 0.05) is 0 Å². The summed E-state index contributed by atoms with van der Waals surface area (Å²) >= 11 is 0. The SMILES string of the molecule is NOCCn1cc(C(=O)O)nn1. The highest BCUT2D eigenvalue weighted by Gasteiger charge is 2.07. The summed E-state index contributed by atoms with van der Waals surface area (Å²) < 4.78 is 1.34. The van der Waals surface area contributed by atoms with Gasteiger partial charge in [0.1, 0.15) is 0 Å². The molecule has 66 valence electrons. The Morgan fingerprint density at radius 2 is 2.58 bits per heavy atom. The van der Waals surface area contributed by atoms with Crippen molar-refractivity contribution in [1.29, 1.82) is 0 Å². The van der Waals surface area contributed by atoms with E-state index in [0.717, 1.165) is 0 Å². The number of aromatic carboxylic acids is 1. The van der Waals surface area contributed by atoms with Crippen LogP contribution in [0.15, 0.2) is 6.20 Å². The van der Waals surface area contributed by atoms with Gasteiger partial charge in [0.05, 0.1) is 19.3 Å². The molecule has 1 rings (SSSR count). The van der Waals surface area contributed by atoms with Crippen LogP contribution >= 0.6 is 0 Å². The number of carboxylic acids is 1. The van der Waals surface area contributed by atoms with Gasteiger partial charge in [-0.2, -0.15) is 0 Å². The van der Waals surface area contributed by atoms with Crippen LogP contribution in [0.2, 0.25) is 0 Å². The number of hydrogen-bond donors (Lipinski definition) is 2. The van der Waals surface area contributed by atoms with Gasteiger partial charge >= 0.3 is 5.97 Å². The highest BCUT2D eigenvalue weighted by Crippen LogP contribution is 1.91. The van der Waals surface area contributed by atoms with E-state index in [1.54, 1.807) is 0 Å². The summed E-state index contributed by atoms with van der Waals surface area (Å²) in [6, 6.07) is 0. The van der Waals surface area contributed by atoms with Crippen LogP contribution in [0, 0.1) is 0 Å². The van der Waals surface area contributed by atoms with Gasteiger partial charge in [0.2, 0.25) is 0 Å². The first-order chi connectivity index (χ1) is 5.74. The Morgan fingerprint density at radius 1 is 1.83 bits per heavy atom. The molecule has 0 aliphatic heterocycles. The zero-order chi connectivity index (χ0) is 8.97. The van der Waals surface area contributed by atoms with Crippen LogP contribution in [-0.2, 0) is 11.4 Å². The van der Waals surface area contributed by atoms with Crippen molar-refractivity contribution in [3.8, 4) is 0 Å². The lowest BCUT2D eigenvalue weighted by atomic mass is 10.5. The summed E-state index contributed by atoms with van der Waals surface area (Å²) in [5, 5.41) is 15.4. The van der Waals surface area contributed by atoms with Crippen LogP contribution in [0.1, 0.15) is 10.5 Å². The van der Waals surface area contributed by atoms with Crippen molar-refractivity contribution in [2.45, 2.75) is 6.54 Å². The van der Waals surface area contributed by atoms with E-state index in [-0.39, 0.29) is 12.3 Å². The largest absolute Gasteiger partial charge is 0.476 e. The number of carboxylic acid groups (broad SMARTS) is 1. The fourth-order valence-corrected chi connectivity index (χ4v) is 0.652. The fourth-order valence-electron chi connectivity index (χ4n) is 0.652. The maximum absolute atomic E-state index is 10.3. The summed E-state index contributed by atoms with van der Waals surface area (Å²) in [6.45, 7) is 0.652. The van der Waals surface area contributed by atoms with E-state index < -0.39 is 5.97 Å². The summed E-state index contributed by atoms with van der Waals surface area (Å²) in [5.74, 6) is 3.66. The van der Waals surface area contributed by atoms with Crippen molar-refractivity contribution >= 4 is 5.97 Å². The van der Waals surface area contributed by atoms with E-state index in [0.29, 0.717) is 6.54 Å². The molecule has 0 atom stereocenters. The quantitative estimate of drug-likeness (QED) is 0.557. The molecule has 12 heavy (non-hydrogen) atoms. The topological polar surface area (TPSA) is 103 Å². The number of nitrogens with zero attached hydrogens (tertiary/aromatic N) is 3. The molecule has 0 saturated carbocycles. The maximum atomic E-state index is 10.3. The van der Waals surface area contributed by atoms with Gasteiger partial charge in [0.25, 0.3) is 0 Å². The van der Waals surface area contributed by atoms with Gasteiger partial charge in [0.15, 0.2) is 5.69 Å². The van der Waals surface area contributed by atoms with Gasteiger partial charge in [-0.05, 0) is 0 Å². The first kappa shape index (κ1) is 8.62. The Labute approximate surface area is 67.7 Å². The normalized spacial score (nSPS) is 10.1. The Balaban J connectivity index is 2.58. The van der Waals surface area contributed by atoms with Crippen molar-refractivity contribution in [2.75, 3.05) is 6.61 Å². The molecule has 7 heteroatoms. The third-order valence-corrected chi connectivity index (χ3v) is 1.20. The van der Waals surface area contributed by atoms with Crippen molar-refractivity contribution in [1.82, 2.24) is 15.0 Å². The zero-order valence-corrected chi connectivity index (χ0v) is 6.17. The molecule has 0 unspecified atom stereocenters. The zero-order valence-electron chi connectivity index (χ0n) is 6.17. The highest BCUT2D eigenvalue weighted by atomic mass is 16.6. The average molecular weight is 172 g/mol. The van der Waals surface area contributed by atoms with Crippen LogP contribution in [0.3, 0.4) is 0 Å². The first-order valence-electron chi connectivity index (χ1n) is 3.19. The molecule has 0 fully saturated rings. The molecule has 1 heterocycles. The summed E-state index contributed by atoms with van der Waals surface area (Å²) in [6.07, 6.45) is 1.31. The number of hydrogen-bond acceptors (Lipinski definition) is 5.